The summed E-state index contributed by atoms with van der Waals surface area (Å²) in [5.41, 5.74) is 4.27. The summed E-state index contributed by atoms with van der Waals surface area (Å²) in [6.45, 7) is 12.5. The fourth-order valence-electron chi connectivity index (χ4n) is 7.31. The number of ketones is 1. The van der Waals surface area contributed by atoms with E-state index < -0.39 is 23.0 Å². The van der Waals surface area contributed by atoms with Crippen LogP contribution in [-0.2, 0) is 14.3 Å². The van der Waals surface area contributed by atoms with Gasteiger partial charge in [-0.05, 0) is 55.1 Å². The van der Waals surface area contributed by atoms with Crippen molar-refractivity contribution in [2.45, 2.75) is 76.9 Å². The second kappa shape index (κ2) is 8.98. The van der Waals surface area contributed by atoms with Crippen molar-refractivity contribution in [1.29, 1.82) is 0 Å². The fraction of sp³-hybridized carbons (Fsp3) is 0.667. The molecule has 6 nitrogen and oxygen atoms in total. The zero-order valence-corrected chi connectivity index (χ0v) is 21.6. The van der Waals surface area contributed by atoms with Crippen LogP contribution in [0.4, 0.5) is 5.82 Å². The van der Waals surface area contributed by atoms with Crippen LogP contribution in [0.5, 0.6) is 0 Å². The highest BCUT2D eigenvalue weighted by molar-refractivity contribution is 8.00. The zero-order valence-electron chi connectivity index (χ0n) is 20.8. The molecule has 0 spiro atoms. The first-order valence-electron chi connectivity index (χ1n) is 12.4. The van der Waals surface area contributed by atoms with E-state index in [0.717, 1.165) is 24.2 Å². The number of aromatic nitrogens is 1. The van der Waals surface area contributed by atoms with E-state index >= 15 is 0 Å². The Balaban J connectivity index is 1.68. The van der Waals surface area contributed by atoms with Crippen LogP contribution >= 0.6 is 11.8 Å². The molecule has 8 atom stereocenters. The number of carbonyl (C=O) groups excluding carboxylic acids is 2. The van der Waals surface area contributed by atoms with Gasteiger partial charge in [-0.1, -0.05) is 33.8 Å². The van der Waals surface area contributed by atoms with Gasteiger partial charge < -0.3 is 15.6 Å². The summed E-state index contributed by atoms with van der Waals surface area (Å²) in [5, 5.41) is 11.6. The maximum atomic E-state index is 13.4. The van der Waals surface area contributed by atoms with Crippen molar-refractivity contribution in [3.05, 3.63) is 31.0 Å². The second-order valence-corrected chi connectivity index (χ2v) is 12.3. The van der Waals surface area contributed by atoms with Crippen LogP contribution in [0.3, 0.4) is 0 Å². The quantitative estimate of drug-likeness (QED) is 0.354. The molecule has 3 N–H and O–H groups in total. The molecular weight excluding hydrogens is 448 g/mol. The standard InChI is InChI=1S/C27H38N2O4S/c1-6-25(4)13-20(33-22(31)15-34-18-7-8-21(28)29-14-18)26(5)16(2)9-11-27(17(3)24(25)32)12-10-19(30)23(26)27/h6-8,14,16-17,20,23-24,32H,1,9-13,15H2,2-5H3,(H2,28,29)/t16-,17+,20-,23?,24+,25-,26+,27+/m1/s1. The van der Waals surface area contributed by atoms with E-state index in [1.807, 2.05) is 19.1 Å². The number of Topliss-reactive ketones (excluding diaryl/α,β-unsaturated/α-hetero) is 1. The minimum atomic E-state index is -0.659. The number of aliphatic hydroxyl groups is 1. The normalized spacial score (nSPS) is 41.8. The molecule has 186 valence electrons. The lowest BCUT2D eigenvalue weighted by Gasteiger charge is -2.61. The van der Waals surface area contributed by atoms with Gasteiger partial charge in [-0.25, -0.2) is 4.98 Å². The summed E-state index contributed by atoms with van der Waals surface area (Å²) in [7, 11) is 0. The van der Waals surface area contributed by atoms with E-state index in [1.165, 1.54) is 11.8 Å². The number of ether oxygens (including phenoxy) is 1. The lowest BCUT2D eigenvalue weighted by atomic mass is 9.44. The van der Waals surface area contributed by atoms with Crippen LogP contribution in [0.25, 0.3) is 0 Å². The summed E-state index contributed by atoms with van der Waals surface area (Å²) in [4.78, 5) is 31.5. The fourth-order valence-corrected chi connectivity index (χ4v) is 7.96. The third kappa shape index (κ3) is 3.89. The number of hydrogen-bond acceptors (Lipinski definition) is 7. The van der Waals surface area contributed by atoms with E-state index in [4.69, 9.17) is 10.5 Å². The van der Waals surface area contributed by atoms with Gasteiger partial charge in [0.1, 0.15) is 17.7 Å². The van der Waals surface area contributed by atoms with Crippen molar-refractivity contribution in [3.8, 4) is 0 Å². The molecule has 0 radical (unpaired) electrons. The number of aliphatic hydroxyl groups excluding tert-OH is 1. The number of nitrogens with zero attached hydrogens (tertiary/aromatic N) is 1. The van der Waals surface area contributed by atoms with E-state index in [0.29, 0.717) is 18.7 Å². The highest BCUT2D eigenvalue weighted by atomic mass is 32.2. The van der Waals surface area contributed by atoms with Crippen LogP contribution in [0, 0.1) is 34.0 Å². The van der Waals surface area contributed by atoms with Gasteiger partial charge >= 0.3 is 5.97 Å². The topological polar surface area (TPSA) is 103 Å². The summed E-state index contributed by atoms with van der Waals surface area (Å²) in [6, 6.07) is 3.54. The maximum absolute atomic E-state index is 13.4. The number of nitrogens with two attached hydrogens (primary N) is 1. The Hall–Kier alpha value is -1.86. The molecule has 1 aromatic heterocycles. The molecule has 3 saturated carbocycles. The number of hydrogen-bond donors (Lipinski definition) is 2. The van der Waals surface area contributed by atoms with Gasteiger partial charge in [0.15, 0.2) is 0 Å². The molecule has 0 saturated heterocycles. The molecule has 1 unspecified atom stereocenters. The van der Waals surface area contributed by atoms with Crippen molar-refractivity contribution >= 4 is 29.3 Å². The largest absolute Gasteiger partial charge is 0.461 e. The summed E-state index contributed by atoms with van der Waals surface area (Å²) in [6.07, 6.45) is 5.98. The first-order valence-corrected chi connectivity index (χ1v) is 13.3. The van der Waals surface area contributed by atoms with Gasteiger partial charge in [-0.3, -0.25) is 9.59 Å². The predicted octanol–water partition coefficient (Wildman–Crippen LogP) is 4.66. The lowest BCUT2D eigenvalue weighted by Crippen LogP contribution is -2.63. The average molecular weight is 487 g/mol. The molecule has 0 aromatic carbocycles. The Morgan fingerprint density at radius 3 is 2.74 bits per heavy atom. The van der Waals surface area contributed by atoms with E-state index in [1.54, 1.807) is 12.3 Å². The van der Waals surface area contributed by atoms with E-state index in [-0.39, 0.29) is 40.7 Å². The average Bonchev–Trinajstić information content (AvgIpc) is 3.17. The number of anilines is 1. The van der Waals surface area contributed by atoms with Gasteiger partial charge in [-0.15, -0.1) is 18.3 Å². The third-order valence-electron chi connectivity index (χ3n) is 9.69. The number of thioether (sulfide) groups is 1. The van der Waals surface area contributed by atoms with Crippen molar-refractivity contribution in [2.24, 2.45) is 34.0 Å². The molecule has 2 bridgehead atoms. The molecule has 0 amide bonds. The molecule has 1 heterocycles. The Labute approximate surface area is 207 Å². The van der Waals surface area contributed by atoms with E-state index in [9.17, 15) is 14.7 Å². The molecule has 7 heteroatoms. The highest BCUT2D eigenvalue weighted by Crippen LogP contribution is 2.68. The van der Waals surface area contributed by atoms with Crippen LogP contribution in [0.15, 0.2) is 35.9 Å². The van der Waals surface area contributed by atoms with Crippen LogP contribution in [-0.4, -0.2) is 39.8 Å². The number of nitrogen functional groups attached to an aromatic ring is 1. The molecule has 3 aliphatic carbocycles. The maximum Gasteiger partial charge on any atom is 0.316 e. The SMILES string of the molecule is C=C[C@]1(C)C[C@@H](OC(=O)CSc2ccc(N)nc2)[C@@]2(C)C3C(=O)CC[C@@]3(CC[C@H]2C)[C@@H](C)[C@@H]1O. The smallest absolute Gasteiger partial charge is 0.316 e. The Morgan fingerprint density at radius 1 is 1.35 bits per heavy atom. The minimum Gasteiger partial charge on any atom is -0.461 e. The minimum absolute atomic E-state index is 0.0380. The molecule has 1 aromatic rings. The second-order valence-electron chi connectivity index (χ2n) is 11.3. The lowest BCUT2D eigenvalue weighted by molar-refractivity contribution is -0.205. The van der Waals surface area contributed by atoms with Crippen LogP contribution in [0.2, 0.25) is 0 Å². The number of rotatable bonds is 5. The molecular formula is C27H38N2O4S. The monoisotopic (exact) mass is 486 g/mol. The molecule has 0 aliphatic heterocycles. The van der Waals surface area contributed by atoms with Gasteiger partial charge in [0, 0.05) is 34.3 Å². The first-order chi connectivity index (χ1) is 16.0. The Kier molecular flexibility index (Phi) is 6.66. The van der Waals surface area contributed by atoms with E-state index in [2.05, 4.69) is 32.3 Å². The molecule has 3 aliphatic rings. The van der Waals surface area contributed by atoms with Gasteiger partial charge in [0.2, 0.25) is 0 Å². The van der Waals surface area contributed by atoms with Gasteiger partial charge in [-0.2, -0.15) is 0 Å². The Bertz CT molecular complexity index is 968. The van der Waals surface area contributed by atoms with Crippen molar-refractivity contribution in [1.82, 2.24) is 4.98 Å². The zero-order chi connectivity index (χ0) is 24.9. The third-order valence-corrected chi connectivity index (χ3v) is 10.6. The van der Waals surface area contributed by atoms with Gasteiger partial charge in [0.05, 0.1) is 11.9 Å². The van der Waals surface area contributed by atoms with Crippen molar-refractivity contribution < 1.29 is 19.4 Å². The first kappa shape index (κ1) is 25.2. The number of esters is 1. The summed E-state index contributed by atoms with van der Waals surface area (Å²) < 4.78 is 6.25. The summed E-state index contributed by atoms with van der Waals surface area (Å²) >= 11 is 1.35. The predicted molar refractivity (Wildman–Crippen MR) is 134 cm³/mol. The number of carbonyl (C=O) groups is 2. The highest BCUT2D eigenvalue weighted by Gasteiger charge is 2.68. The van der Waals surface area contributed by atoms with Crippen molar-refractivity contribution in [3.63, 3.8) is 0 Å². The summed E-state index contributed by atoms with van der Waals surface area (Å²) in [5.74, 6) is 0.478. The van der Waals surface area contributed by atoms with Crippen LogP contribution < -0.4 is 5.73 Å². The molecule has 4 rings (SSSR count). The van der Waals surface area contributed by atoms with Gasteiger partial charge in [0.25, 0.3) is 0 Å². The van der Waals surface area contributed by atoms with Crippen LogP contribution in [0.1, 0.15) is 59.8 Å². The Morgan fingerprint density at radius 2 is 2.09 bits per heavy atom. The number of pyridine rings is 1. The molecule has 34 heavy (non-hydrogen) atoms. The van der Waals surface area contributed by atoms with Crippen molar-refractivity contribution in [2.75, 3.05) is 11.5 Å². The molecule has 3 fully saturated rings.